The molecule has 73 valence electrons. The predicted octanol–water partition coefficient (Wildman–Crippen LogP) is 2.09. The lowest BCUT2D eigenvalue weighted by atomic mass is 10.0. The summed E-state index contributed by atoms with van der Waals surface area (Å²) in [5.41, 5.74) is 2.53. The first kappa shape index (κ1) is 8.48. The van der Waals surface area contributed by atoms with Crippen molar-refractivity contribution in [2.75, 3.05) is 0 Å². The van der Waals surface area contributed by atoms with Crippen LogP contribution in [0.4, 0.5) is 0 Å². The Morgan fingerprint density at radius 1 is 1.20 bits per heavy atom. The van der Waals surface area contributed by atoms with Crippen LogP contribution in [0.2, 0.25) is 0 Å². The largest absolute Gasteiger partial charge is 0.341 e. The second kappa shape index (κ2) is 3.09. The maximum atomic E-state index is 10.4. The van der Waals surface area contributed by atoms with E-state index in [9.17, 15) is 4.79 Å². The van der Waals surface area contributed by atoms with Crippen LogP contribution in [0.5, 0.6) is 0 Å². The lowest BCUT2D eigenvalue weighted by molar-refractivity contribution is 0.524. The van der Waals surface area contributed by atoms with E-state index in [2.05, 4.69) is 35.6 Å². The quantitative estimate of drug-likeness (QED) is 0.732. The van der Waals surface area contributed by atoms with Crippen molar-refractivity contribution in [1.82, 2.24) is 5.32 Å². The van der Waals surface area contributed by atoms with Gasteiger partial charge in [-0.3, -0.25) is 4.79 Å². The van der Waals surface area contributed by atoms with Crippen LogP contribution in [-0.2, 0) is 11.2 Å². The molecule has 1 radical (unpaired) electrons. The summed E-state index contributed by atoms with van der Waals surface area (Å²) in [6.07, 6.45) is 2.67. The minimum absolute atomic E-state index is 0.101. The molecule has 0 aliphatic heterocycles. The monoisotopic (exact) mass is 196 g/mol. The van der Waals surface area contributed by atoms with Gasteiger partial charge in [0.15, 0.2) is 0 Å². The standard InChI is InChI=1S/C13H10NO/c15-8-14-12-7-10-5-1-3-9-4-2-6-11(12)13(9)10/h1-6,12H,7H2,(H,14,15). The van der Waals surface area contributed by atoms with Gasteiger partial charge in [0, 0.05) is 0 Å². The van der Waals surface area contributed by atoms with Gasteiger partial charge in [0.1, 0.15) is 0 Å². The molecule has 2 nitrogen and oxygen atoms in total. The van der Waals surface area contributed by atoms with Gasteiger partial charge in [-0.1, -0.05) is 36.4 Å². The van der Waals surface area contributed by atoms with Crippen molar-refractivity contribution in [3.63, 3.8) is 0 Å². The third-order valence-electron chi connectivity index (χ3n) is 3.06. The second-order valence-corrected chi connectivity index (χ2v) is 3.87. The summed E-state index contributed by atoms with van der Waals surface area (Å²) in [4.78, 5) is 10.4. The van der Waals surface area contributed by atoms with Crippen molar-refractivity contribution < 1.29 is 4.79 Å². The van der Waals surface area contributed by atoms with Crippen LogP contribution >= 0.6 is 0 Å². The highest BCUT2D eigenvalue weighted by Crippen LogP contribution is 2.36. The number of carbonyl (C=O) groups excluding carboxylic acids is 1. The van der Waals surface area contributed by atoms with Crippen molar-refractivity contribution in [2.45, 2.75) is 12.5 Å². The molecule has 1 N–H and O–H groups in total. The number of hydrogen-bond donors (Lipinski definition) is 1. The first-order chi connectivity index (χ1) is 7.40. The van der Waals surface area contributed by atoms with E-state index in [1.807, 2.05) is 6.07 Å². The molecule has 2 aromatic rings. The topological polar surface area (TPSA) is 29.1 Å². The van der Waals surface area contributed by atoms with Gasteiger partial charge in [-0.05, 0) is 28.3 Å². The maximum absolute atomic E-state index is 10.4. The summed E-state index contributed by atoms with van der Waals surface area (Å²) in [7, 11) is 0. The fourth-order valence-corrected chi connectivity index (χ4v) is 2.44. The SMILES string of the molecule is O=[C]NC1Cc2cccc3cccc1c23. The summed E-state index contributed by atoms with van der Waals surface area (Å²) >= 11 is 0. The van der Waals surface area contributed by atoms with E-state index in [1.165, 1.54) is 21.9 Å². The molecule has 0 heterocycles. The first-order valence-corrected chi connectivity index (χ1v) is 5.03. The van der Waals surface area contributed by atoms with Crippen LogP contribution in [-0.4, -0.2) is 6.41 Å². The zero-order valence-electron chi connectivity index (χ0n) is 8.16. The van der Waals surface area contributed by atoms with Gasteiger partial charge in [0.05, 0.1) is 6.04 Å². The molecule has 1 aliphatic carbocycles. The van der Waals surface area contributed by atoms with E-state index in [1.54, 1.807) is 6.41 Å². The van der Waals surface area contributed by atoms with Crippen molar-refractivity contribution in [2.24, 2.45) is 0 Å². The summed E-state index contributed by atoms with van der Waals surface area (Å²) in [5, 5.41) is 5.29. The van der Waals surface area contributed by atoms with Crippen LogP contribution in [0.15, 0.2) is 36.4 Å². The minimum atomic E-state index is 0.101. The van der Waals surface area contributed by atoms with Crippen LogP contribution < -0.4 is 5.32 Å². The third-order valence-corrected chi connectivity index (χ3v) is 3.06. The molecule has 0 saturated heterocycles. The summed E-state index contributed by atoms with van der Waals surface area (Å²) in [6, 6.07) is 12.6. The average Bonchev–Trinajstić information content (AvgIpc) is 2.61. The van der Waals surface area contributed by atoms with Gasteiger partial charge in [-0.15, -0.1) is 0 Å². The van der Waals surface area contributed by atoms with Gasteiger partial charge >= 0.3 is 6.41 Å². The molecular weight excluding hydrogens is 186 g/mol. The molecule has 1 unspecified atom stereocenters. The summed E-state index contributed by atoms with van der Waals surface area (Å²) in [5.74, 6) is 0. The smallest absolute Gasteiger partial charge is 0.309 e. The normalized spacial score (nSPS) is 18.0. The van der Waals surface area contributed by atoms with Crippen molar-refractivity contribution in [3.8, 4) is 0 Å². The molecule has 2 heteroatoms. The number of nitrogens with one attached hydrogen (secondary N) is 1. The molecule has 0 saturated carbocycles. The zero-order chi connectivity index (χ0) is 10.3. The van der Waals surface area contributed by atoms with Gasteiger partial charge in [0.2, 0.25) is 0 Å². The van der Waals surface area contributed by atoms with Crippen LogP contribution in [0, 0.1) is 0 Å². The van der Waals surface area contributed by atoms with Crippen LogP contribution in [0.3, 0.4) is 0 Å². The fraction of sp³-hybridized carbons (Fsp3) is 0.154. The van der Waals surface area contributed by atoms with E-state index in [0.29, 0.717) is 0 Å². The number of hydrogen-bond acceptors (Lipinski definition) is 1. The zero-order valence-corrected chi connectivity index (χ0v) is 8.16. The van der Waals surface area contributed by atoms with Crippen LogP contribution in [0.25, 0.3) is 10.8 Å². The minimum Gasteiger partial charge on any atom is -0.341 e. The highest BCUT2D eigenvalue weighted by atomic mass is 16.1. The van der Waals surface area contributed by atoms with Crippen molar-refractivity contribution in [1.29, 1.82) is 0 Å². The molecule has 15 heavy (non-hydrogen) atoms. The number of benzene rings is 2. The highest BCUT2D eigenvalue weighted by Gasteiger charge is 2.23. The average molecular weight is 196 g/mol. The van der Waals surface area contributed by atoms with Gasteiger partial charge in [-0.25, -0.2) is 0 Å². The van der Waals surface area contributed by atoms with E-state index in [0.717, 1.165) is 6.42 Å². The summed E-state index contributed by atoms with van der Waals surface area (Å²) in [6.45, 7) is 0. The molecule has 1 aliphatic rings. The lowest BCUT2D eigenvalue weighted by Crippen LogP contribution is -2.18. The highest BCUT2D eigenvalue weighted by molar-refractivity contribution is 5.91. The third kappa shape index (κ3) is 1.14. The fourth-order valence-electron chi connectivity index (χ4n) is 2.44. The maximum Gasteiger partial charge on any atom is 0.309 e. The molecule has 1 amide bonds. The molecule has 0 bridgehead atoms. The van der Waals surface area contributed by atoms with E-state index in [-0.39, 0.29) is 6.04 Å². The lowest BCUT2D eigenvalue weighted by Gasteiger charge is -2.08. The van der Waals surface area contributed by atoms with Crippen molar-refractivity contribution >= 4 is 17.2 Å². The second-order valence-electron chi connectivity index (χ2n) is 3.87. The molecule has 3 rings (SSSR count). The molecule has 1 atom stereocenters. The summed E-state index contributed by atoms with van der Waals surface area (Å²) < 4.78 is 0. The molecule has 0 spiro atoms. The van der Waals surface area contributed by atoms with Gasteiger partial charge in [0.25, 0.3) is 0 Å². The first-order valence-electron chi connectivity index (χ1n) is 5.03. The Morgan fingerprint density at radius 2 is 2.00 bits per heavy atom. The Morgan fingerprint density at radius 3 is 2.80 bits per heavy atom. The molecular formula is C13H10NO. The Kier molecular flexibility index (Phi) is 1.75. The predicted molar refractivity (Wildman–Crippen MR) is 59.2 cm³/mol. The number of amides is 1. The van der Waals surface area contributed by atoms with E-state index in [4.69, 9.17) is 0 Å². The molecule has 0 aromatic heterocycles. The van der Waals surface area contributed by atoms with Crippen molar-refractivity contribution in [3.05, 3.63) is 47.5 Å². The van der Waals surface area contributed by atoms with Gasteiger partial charge in [-0.2, -0.15) is 0 Å². The molecule has 0 fully saturated rings. The Labute approximate surface area is 87.9 Å². The molecule has 2 aromatic carbocycles. The van der Waals surface area contributed by atoms with E-state index < -0.39 is 0 Å². The Bertz CT molecular complexity index is 528. The van der Waals surface area contributed by atoms with Gasteiger partial charge < -0.3 is 5.32 Å². The van der Waals surface area contributed by atoms with E-state index >= 15 is 0 Å². The van der Waals surface area contributed by atoms with Crippen LogP contribution in [0.1, 0.15) is 17.2 Å². The Balaban J connectivity index is 2.26. The Hall–Kier alpha value is -1.83. The number of rotatable bonds is 2.